The summed E-state index contributed by atoms with van der Waals surface area (Å²) >= 11 is 4.46. The molecule has 0 fully saturated rings. The molecule has 0 saturated heterocycles. The van der Waals surface area contributed by atoms with Gasteiger partial charge in [-0.15, -0.1) is 11.3 Å². The molecule has 0 bridgehead atoms. The Balaban J connectivity index is 1.64. The van der Waals surface area contributed by atoms with Crippen LogP contribution >= 0.6 is 27.3 Å². The van der Waals surface area contributed by atoms with Gasteiger partial charge in [-0.25, -0.2) is 9.78 Å². The van der Waals surface area contributed by atoms with Gasteiger partial charge < -0.3 is 10.4 Å². The van der Waals surface area contributed by atoms with Gasteiger partial charge in [0.05, 0.1) is 6.54 Å². The molecule has 0 aliphatic rings. The number of nitrogens with one attached hydrogen (secondary N) is 1. The van der Waals surface area contributed by atoms with E-state index in [4.69, 9.17) is 0 Å². The number of aryl methyl sites for hydroxylation is 1. The number of nitrogens with zero attached hydrogens (tertiary/aromatic N) is 3. The van der Waals surface area contributed by atoms with Crippen LogP contribution in [0.1, 0.15) is 26.4 Å². The summed E-state index contributed by atoms with van der Waals surface area (Å²) in [5.41, 5.74) is 1.07. The van der Waals surface area contributed by atoms with Gasteiger partial charge in [-0.05, 0) is 30.2 Å². The SMILES string of the molecule is Cc1c(=O)n(Cc2ccc(Br)cc2)c(=O)n2cc(C(=O)NCc3ccc(O)nc3)sc12. The summed E-state index contributed by atoms with van der Waals surface area (Å²) in [6, 6.07) is 10.5. The molecule has 4 rings (SSSR count). The summed E-state index contributed by atoms with van der Waals surface area (Å²) in [6.07, 6.45) is 2.92. The first-order chi connectivity index (χ1) is 14.8. The number of fused-ring (bicyclic) bond motifs is 1. The van der Waals surface area contributed by atoms with Crippen molar-refractivity contribution in [3.8, 4) is 5.88 Å². The van der Waals surface area contributed by atoms with Gasteiger partial charge in [-0.1, -0.05) is 34.1 Å². The molecule has 2 N–H and O–H groups in total. The molecule has 0 unspecified atom stereocenters. The number of aromatic hydroxyl groups is 1. The van der Waals surface area contributed by atoms with E-state index in [2.05, 4.69) is 26.2 Å². The lowest BCUT2D eigenvalue weighted by Crippen LogP contribution is -2.38. The van der Waals surface area contributed by atoms with Gasteiger partial charge in [0.25, 0.3) is 11.5 Å². The van der Waals surface area contributed by atoms with E-state index < -0.39 is 5.69 Å². The van der Waals surface area contributed by atoms with Gasteiger partial charge >= 0.3 is 5.69 Å². The minimum absolute atomic E-state index is 0.0979. The summed E-state index contributed by atoms with van der Waals surface area (Å²) in [7, 11) is 0. The quantitative estimate of drug-likeness (QED) is 0.438. The third-order valence-corrected chi connectivity index (χ3v) is 6.47. The molecular weight excluding hydrogens is 484 g/mol. The van der Waals surface area contributed by atoms with Crippen molar-refractivity contribution in [2.75, 3.05) is 0 Å². The zero-order valence-corrected chi connectivity index (χ0v) is 18.7. The Labute approximate surface area is 188 Å². The zero-order chi connectivity index (χ0) is 22.1. The maximum Gasteiger partial charge on any atom is 0.336 e. The number of benzene rings is 1. The van der Waals surface area contributed by atoms with E-state index >= 15 is 0 Å². The lowest BCUT2D eigenvalue weighted by Gasteiger charge is -2.07. The van der Waals surface area contributed by atoms with Crippen LogP contribution in [-0.4, -0.2) is 25.0 Å². The Kier molecular flexibility index (Phi) is 5.75. The number of carbonyl (C=O) groups excluding carboxylic acids is 1. The summed E-state index contributed by atoms with van der Waals surface area (Å²) in [4.78, 5) is 42.9. The van der Waals surface area contributed by atoms with E-state index in [1.54, 1.807) is 13.0 Å². The molecule has 0 saturated carbocycles. The first-order valence-electron chi connectivity index (χ1n) is 9.25. The number of hydrogen-bond acceptors (Lipinski definition) is 6. The number of halogens is 1. The van der Waals surface area contributed by atoms with Gasteiger partial charge in [-0.2, -0.15) is 0 Å². The highest BCUT2D eigenvalue weighted by atomic mass is 79.9. The van der Waals surface area contributed by atoms with Crippen LogP contribution in [0.15, 0.2) is 62.9 Å². The van der Waals surface area contributed by atoms with E-state index in [1.807, 2.05) is 24.3 Å². The number of pyridine rings is 1. The van der Waals surface area contributed by atoms with Crippen molar-refractivity contribution in [1.29, 1.82) is 0 Å². The van der Waals surface area contributed by atoms with E-state index in [0.29, 0.717) is 15.3 Å². The Morgan fingerprint density at radius 1 is 1.16 bits per heavy atom. The number of thiazole rings is 1. The fourth-order valence-electron chi connectivity index (χ4n) is 3.07. The molecule has 158 valence electrons. The first kappa shape index (κ1) is 21.0. The second kappa shape index (κ2) is 8.48. The predicted molar refractivity (Wildman–Crippen MR) is 121 cm³/mol. The molecule has 8 nitrogen and oxygen atoms in total. The van der Waals surface area contributed by atoms with Crippen LogP contribution in [-0.2, 0) is 13.1 Å². The molecule has 0 aliphatic carbocycles. The number of rotatable bonds is 5. The topological polar surface area (TPSA) is 106 Å². The van der Waals surface area contributed by atoms with Gasteiger partial charge in [0.2, 0.25) is 5.88 Å². The van der Waals surface area contributed by atoms with E-state index in [0.717, 1.165) is 26.9 Å². The summed E-state index contributed by atoms with van der Waals surface area (Å²) in [5, 5.41) is 12.0. The van der Waals surface area contributed by atoms with Crippen molar-refractivity contribution in [1.82, 2.24) is 19.3 Å². The second-order valence-electron chi connectivity index (χ2n) is 6.90. The molecule has 3 heterocycles. The van der Waals surface area contributed by atoms with Crippen molar-refractivity contribution in [2.24, 2.45) is 0 Å². The molecule has 1 amide bonds. The van der Waals surface area contributed by atoms with Crippen molar-refractivity contribution >= 4 is 38.0 Å². The van der Waals surface area contributed by atoms with Crippen LogP contribution in [0.3, 0.4) is 0 Å². The third-order valence-electron chi connectivity index (χ3n) is 4.74. The second-order valence-corrected chi connectivity index (χ2v) is 8.85. The van der Waals surface area contributed by atoms with Crippen LogP contribution in [0, 0.1) is 6.92 Å². The van der Waals surface area contributed by atoms with Gasteiger partial charge in [0.15, 0.2) is 0 Å². The van der Waals surface area contributed by atoms with E-state index in [-0.39, 0.29) is 30.4 Å². The molecule has 31 heavy (non-hydrogen) atoms. The van der Waals surface area contributed by atoms with Crippen LogP contribution in [0.4, 0.5) is 0 Å². The maximum atomic E-state index is 13.0. The highest BCUT2D eigenvalue weighted by Crippen LogP contribution is 2.19. The minimum atomic E-state index is -0.494. The van der Waals surface area contributed by atoms with Crippen molar-refractivity contribution < 1.29 is 9.90 Å². The third kappa shape index (κ3) is 4.30. The average molecular weight is 501 g/mol. The monoisotopic (exact) mass is 500 g/mol. The lowest BCUT2D eigenvalue weighted by molar-refractivity contribution is 0.0954. The minimum Gasteiger partial charge on any atom is -0.493 e. The molecule has 1 aromatic carbocycles. The van der Waals surface area contributed by atoms with Crippen molar-refractivity contribution in [3.63, 3.8) is 0 Å². The number of aromatic nitrogens is 3. The molecule has 4 aromatic rings. The average Bonchev–Trinajstić information content (AvgIpc) is 3.22. The largest absolute Gasteiger partial charge is 0.493 e. The molecular formula is C21H17BrN4O4S. The van der Waals surface area contributed by atoms with Gasteiger partial charge in [0.1, 0.15) is 9.71 Å². The number of carbonyl (C=O) groups is 1. The molecule has 10 heteroatoms. The molecule has 0 radical (unpaired) electrons. The van der Waals surface area contributed by atoms with Crippen molar-refractivity contribution in [2.45, 2.75) is 20.0 Å². The van der Waals surface area contributed by atoms with Crippen molar-refractivity contribution in [3.05, 3.63) is 95.7 Å². The highest BCUT2D eigenvalue weighted by Gasteiger charge is 2.17. The molecule has 0 spiro atoms. The lowest BCUT2D eigenvalue weighted by atomic mass is 10.2. The molecule has 0 atom stereocenters. The highest BCUT2D eigenvalue weighted by molar-refractivity contribution is 9.10. The fraction of sp³-hybridized carbons (Fsp3) is 0.143. The molecule has 3 aromatic heterocycles. The van der Waals surface area contributed by atoms with Crippen LogP contribution < -0.4 is 16.6 Å². The Morgan fingerprint density at radius 3 is 2.55 bits per heavy atom. The van der Waals surface area contributed by atoms with Gasteiger partial charge in [-0.3, -0.25) is 18.6 Å². The van der Waals surface area contributed by atoms with E-state index in [1.165, 1.54) is 27.4 Å². The number of hydrogen-bond donors (Lipinski definition) is 2. The van der Waals surface area contributed by atoms with E-state index in [9.17, 15) is 19.5 Å². The summed E-state index contributed by atoms with van der Waals surface area (Å²) < 4.78 is 3.42. The normalized spacial score (nSPS) is 11.0. The van der Waals surface area contributed by atoms with Gasteiger partial charge in [0, 0.05) is 35.0 Å². The Bertz CT molecular complexity index is 1390. The fourth-order valence-corrected chi connectivity index (χ4v) is 4.34. The number of amides is 1. The Hall–Kier alpha value is -3.24. The van der Waals surface area contributed by atoms with Crippen LogP contribution in [0.5, 0.6) is 5.88 Å². The summed E-state index contributed by atoms with van der Waals surface area (Å²) in [5.74, 6) is -0.466. The standard InChI is InChI=1S/C21H17BrN4O4S/c1-12-19(29)25(10-13-2-5-15(22)6-3-13)21(30)26-11-16(31-20(12)26)18(28)24-9-14-4-7-17(27)23-8-14/h2-8,11H,9-10H2,1H3,(H,23,27)(H,24,28). The van der Waals surface area contributed by atoms with Crippen LogP contribution in [0.2, 0.25) is 0 Å². The Morgan fingerprint density at radius 2 is 1.87 bits per heavy atom. The zero-order valence-electron chi connectivity index (χ0n) is 16.3. The first-order valence-corrected chi connectivity index (χ1v) is 10.9. The predicted octanol–water partition coefficient (Wildman–Crippen LogP) is 2.67. The van der Waals surface area contributed by atoms with Crippen LogP contribution in [0.25, 0.3) is 4.83 Å². The maximum absolute atomic E-state index is 13.0. The molecule has 0 aliphatic heterocycles. The summed E-state index contributed by atoms with van der Waals surface area (Å²) in [6.45, 7) is 2.00. The smallest absolute Gasteiger partial charge is 0.336 e.